The van der Waals surface area contributed by atoms with Crippen LogP contribution < -0.4 is 4.74 Å². The van der Waals surface area contributed by atoms with Gasteiger partial charge in [-0.25, -0.2) is 0 Å². The second-order valence-corrected chi connectivity index (χ2v) is 8.54. The minimum Gasteiger partial charge on any atom is -0.497 e. The average molecular weight is 411 g/mol. The maximum Gasteiger partial charge on any atom is 0.118 e. The smallest absolute Gasteiger partial charge is 0.118 e. The summed E-state index contributed by atoms with van der Waals surface area (Å²) in [5.74, 6) is 1.89. The van der Waals surface area contributed by atoms with Crippen molar-refractivity contribution in [3.63, 3.8) is 0 Å². The Bertz CT molecular complexity index is 989. The van der Waals surface area contributed by atoms with E-state index in [0.717, 1.165) is 17.9 Å². The Hall–Kier alpha value is -2.97. The standard InChI is InChI=1S/C28H26OS/c1-29-27-19-17-26(18-20-27)28(24-13-7-3-8-14-24,25-15-9-4-10-16-25)30-22-21-23-11-5-2-6-12-23/h2-20H,21-22H2,1H3. The number of ether oxygens (including phenoxy) is 1. The maximum absolute atomic E-state index is 5.43. The van der Waals surface area contributed by atoms with E-state index in [1.165, 1.54) is 22.3 Å². The van der Waals surface area contributed by atoms with Crippen molar-refractivity contribution in [2.75, 3.05) is 12.9 Å². The van der Waals surface area contributed by atoms with Gasteiger partial charge in [-0.2, -0.15) is 0 Å². The molecule has 0 aliphatic heterocycles. The largest absolute Gasteiger partial charge is 0.497 e. The number of hydrogen-bond donors (Lipinski definition) is 0. The molecule has 1 nitrogen and oxygen atoms in total. The van der Waals surface area contributed by atoms with Crippen LogP contribution in [0.2, 0.25) is 0 Å². The molecule has 0 fully saturated rings. The Balaban J connectivity index is 1.80. The van der Waals surface area contributed by atoms with Gasteiger partial charge in [0.25, 0.3) is 0 Å². The average Bonchev–Trinajstić information content (AvgIpc) is 2.84. The van der Waals surface area contributed by atoms with E-state index in [1.54, 1.807) is 7.11 Å². The topological polar surface area (TPSA) is 9.23 Å². The van der Waals surface area contributed by atoms with Crippen molar-refractivity contribution in [1.29, 1.82) is 0 Å². The Kier molecular flexibility index (Phi) is 6.56. The fraction of sp³-hybridized carbons (Fsp3) is 0.143. The summed E-state index contributed by atoms with van der Waals surface area (Å²) < 4.78 is 5.14. The van der Waals surface area contributed by atoms with E-state index in [2.05, 4.69) is 115 Å². The van der Waals surface area contributed by atoms with Crippen LogP contribution in [-0.2, 0) is 11.2 Å². The lowest BCUT2D eigenvalue weighted by Crippen LogP contribution is -2.26. The van der Waals surface area contributed by atoms with Gasteiger partial charge in [0.1, 0.15) is 5.75 Å². The first-order chi connectivity index (χ1) is 14.8. The Labute approximate surface area is 183 Å². The van der Waals surface area contributed by atoms with E-state index in [4.69, 9.17) is 4.74 Å². The summed E-state index contributed by atoms with van der Waals surface area (Å²) in [6.45, 7) is 0. The van der Waals surface area contributed by atoms with Crippen molar-refractivity contribution in [3.8, 4) is 5.75 Å². The fourth-order valence-electron chi connectivity index (χ4n) is 3.89. The summed E-state index contributed by atoms with van der Waals surface area (Å²) >= 11 is 2.00. The molecule has 0 saturated heterocycles. The first kappa shape index (κ1) is 20.3. The Morgan fingerprint density at radius 2 is 1.07 bits per heavy atom. The molecule has 0 saturated carbocycles. The third kappa shape index (κ3) is 4.29. The van der Waals surface area contributed by atoms with E-state index < -0.39 is 0 Å². The molecule has 0 N–H and O–H groups in total. The van der Waals surface area contributed by atoms with Crippen molar-refractivity contribution in [2.45, 2.75) is 11.2 Å². The van der Waals surface area contributed by atoms with E-state index in [1.807, 2.05) is 11.8 Å². The van der Waals surface area contributed by atoms with Gasteiger partial charge in [0.2, 0.25) is 0 Å². The number of methoxy groups -OCH3 is 1. The van der Waals surface area contributed by atoms with Gasteiger partial charge in [-0.05, 0) is 46.6 Å². The summed E-state index contributed by atoms with van der Waals surface area (Å²) in [6, 6.07) is 40.9. The quantitative estimate of drug-likeness (QED) is 0.290. The second-order valence-electron chi connectivity index (χ2n) is 7.23. The predicted molar refractivity (Wildman–Crippen MR) is 128 cm³/mol. The number of benzene rings is 4. The van der Waals surface area contributed by atoms with Gasteiger partial charge in [0.15, 0.2) is 0 Å². The van der Waals surface area contributed by atoms with Crippen molar-refractivity contribution in [2.24, 2.45) is 0 Å². The normalized spacial score (nSPS) is 11.2. The molecule has 0 atom stereocenters. The first-order valence-electron chi connectivity index (χ1n) is 10.3. The van der Waals surface area contributed by atoms with E-state index >= 15 is 0 Å². The number of rotatable bonds is 8. The molecule has 2 heteroatoms. The molecular weight excluding hydrogens is 384 g/mol. The first-order valence-corrected chi connectivity index (χ1v) is 11.2. The molecule has 0 amide bonds. The van der Waals surface area contributed by atoms with Crippen LogP contribution in [0.3, 0.4) is 0 Å². The van der Waals surface area contributed by atoms with Gasteiger partial charge in [-0.15, -0.1) is 11.8 Å². The van der Waals surface area contributed by atoms with Crippen LogP contribution in [0.5, 0.6) is 5.75 Å². The van der Waals surface area contributed by atoms with Crippen LogP contribution in [0, 0.1) is 0 Å². The van der Waals surface area contributed by atoms with Gasteiger partial charge in [-0.1, -0.05) is 103 Å². The van der Waals surface area contributed by atoms with Gasteiger partial charge < -0.3 is 4.74 Å². The Morgan fingerprint density at radius 3 is 1.57 bits per heavy atom. The summed E-state index contributed by atoms with van der Waals surface area (Å²) in [5.41, 5.74) is 5.22. The third-order valence-electron chi connectivity index (χ3n) is 5.41. The lowest BCUT2D eigenvalue weighted by molar-refractivity contribution is 0.414. The highest BCUT2D eigenvalue weighted by molar-refractivity contribution is 8.00. The van der Waals surface area contributed by atoms with Crippen molar-refractivity contribution in [3.05, 3.63) is 138 Å². The molecule has 0 aliphatic rings. The van der Waals surface area contributed by atoms with E-state index in [9.17, 15) is 0 Å². The summed E-state index contributed by atoms with van der Waals surface area (Å²) in [6.07, 6.45) is 1.03. The summed E-state index contributed by atoms with van der Waals surface area (Å²) in [5, 5.41) is 0. The van der Waals surface area contributed by atoms with Gasteiger partial charge in [-0.3, -0.25) is 0 Å². The highest BCUT2D eigenvalue weighted by Crippen LogP contribution is 2.48. The molecule has 0 heterocycles. The molecule has 0 spiro atoms. The molecule has 0 aromatic heterocycles. The molecule has 4 aromatic rings. The zero-order chi connectivity index (χ0) is 20.7. The summed E-state index contributed by atoms with van der Waals surface area (Å²) in [7, 11) is 1.71. The molecule has 4 aromatic carbocycles. The van der Waals surface area contributed by atoms with E-state index in [-0.39, 0.29) is 4.75 Å². The van der Waals surface area contributed by atoms with Gasteiger partial charge >= 0.3 is 0 Å². The van der Waals surface area contributed by atoms with Crippen LogP contribution in [-0.4, -0.2) is 12.9 Å². The molecule has 0 bridgehead atoms. The molecule has 4 rings (SSSR count). The van der Waals surface area contributed by atoms with Crippen LogP contribution in [0.4, 0.5) is 0 Å². The summed E-state index contributed by atoms with van der Waals surface area (Å²) in [4.78, 5) is 0. The Morgan fingerprint density at radius 1 is 0.600 bits per heavy atom. The molecule has 30 heavy (non-hydrogen) atoms. The fourth-order valence-corrected chi connectivity index (χ4v) is 5.44. The second kappa shape index (κ2) is 9.69. The molecule has 0 unspecified atom stereocenters. The monoisotopic (exact) mass is 410 g/mol. The number of aryl methyl sites for hydroxylation is 1. The van der Waals surface area contributed by atoms with Crippen molar-refractivity contribution < 1.29 is 4.74 Å². The molecule has 0 aliphatic carbocycles. The molecule has 0 radical (unpaired) electrons. The van der Waals surface area contributed by atoms with Crippen LogP contribution >= 0.6 is 11.8 Å². The molecular formula is C28H26OS. The zero-order valence-electron chi connectivity index (χ0n) is 17.2. The predicted octanol–water partition coefficient (Wildman–Crippen LogP) is 6.96. The SMILES string of the molecule is COc1ccc(C(SCCc2ccccc2)(c2ccccc2)c2ccccc2)cc1. The zero-order valence-corrected chi connectivity index (χ0v) is 18.0. The van der Waals surface area contributed by atoms with Crippen LogP contribution in [0.25, 0.3) is 0 Å². The van der Waals surface area contributed by atoms with Crippen LogP contribution in [0.1, 0.15) is 22.3 Å². The van der Waals surface area contributed by atoms with Crippen LogP contribution in [0.15, 0.2) is 115 Å². The minimum absolute atomic E-state index is 0.288. The number of thioether (sulfide) groups is 1. The minimum atomic E-state index is -0.288. The van der Waals surface area contributed by atoms with Gasteiger partial charge in [0, 0.05) is 0 Å². The number of hydrogen-bond acceptors (Lipinski definition) is 2. The maximum atomic E-state index is 5.43. The van der Waals surface area contributed by atoms with Crippen molar-refractivity contribution >= 4 is 11.8 Å². The lowest BCUT2D eigenvalue weighted by atomic mass is 9.84. The third-order valence-corrected chi connectivity index (χ3v) is 6.96. The van der Waals surface area contributed by atoms with E-state index in [0.29, 0.717) is 0 Å². The molecule has 150 valence electrons. The highest BCUT2D eigenvalue weighted by Gasteiger charge is 2.36. The van der Waals surface area contributed by atoms with Gasteiger partial charge in [0.05, 0.1) is 11.9 Å². The van der Waals surface area contributed by atoms with Crippen molar-refractivity contribution in [1.82, 2.24) is 0 Å². The highest BCUT2D eigenvalue weighted by atomic mass is 32.2. The lowest BCUT2D eigenvalue weighted by Gasteiger charge is -2.35.